The number of carbonyl (C=O) groups is 3. The first-order chi connectivity index (χ1) is 11.1. The summed E-state index contributed by atoms with van der Waals surface area (Å²) >= 11 is 4.83. The summed E-state index contributed by atoms with van der Waals surface area (Å²) in [4.78, 5) is 33.8. The molecule has 0 saturated carbocycles. The number of esters is 3. The number of thiocarbonyl (C=S) groups is 1. The van der Waals surface area contributed by atoms with Crippen LogP contribution in [-0.4, -0.2) is 65.4 Å². The number of rotatable bonds is 5. The van der Waals surface area contributed by atoms with Crippen LogP contribution in [0.4, 0.5) is 0 Å². The van der Waals surface area contributed by atoms with Gasteiger partial charge in [0.25, 0.3) is 0 Å². The normalized spacial score (nSPS) is 29.3. The Morgan fingerprint density at radius 3 is 1.92 bits per heavy atom. The molecule has 0 radical (unpaired) electrons. The minimum atomic E-state index is -1.54. The first-order valence-electron chi connectivity index (χ1n) is 7.10. The van der Waals surface area contributed by atoms with E-state index in [1.165, 1.54) is 13.8 Å². The summed E-state index contributed by atoms with van der Waals surface area (Å²) in [6, 6.07) is 0. The molecule has 9 nitrogen and oxygen atoms in total. The van der Waals surface area contributed by atoms with Crippen LogP contribution in [0.3, 0.4) is 0 Å². The number of ether oxygens (including phenoxy) is 5. The molecule has 1 heterocycles. The van der Waals surface area contributed by atoms with E-state index in [1.807, 2.05) is 0 Å². The molecule has 0 aliphatic carbocycles. The average molecular weight is 364 g/mol. The lowest BCUT2D eigenvalue weighted by atomic mass is 9.98. The maximum absolute atomic E-state index is 11.4. The molecule has 1 aliphatic rings. The smallest absolute Gasteiger partial charge is 0.303 e. The van der Waals surface area contributed by atoms with E-state index in [0.29, 0.717) is 0 Å². The number of aliphatic hydroxyl groups is 1. The highest BCUT2D eigenvalue weighted by Gasteiger charge is 2.51. The second kappa shape index (κ2) is 8.90. The Morgan fingerprint density at radius 1 is 0.917 bits per heavy atom. The first kappa shape index (κ1) is 20.3. The highest BCUT2D eigenvalue weighted by molar-refractivity contribution is 7.80. The van der Waals surface area contributed by atoms with Gasteiger partial charge in [-0.15, -0.1) is 0 Å². The van der Waals surface area contributed by atoms with E-state index < -0.39 is 48.6 Å². The highest BCUT2D eigenvalue weighted by atomic mass is 32.1. The van der Waals surface area contributed by atoms with Crippen LogP contribution < -0.4 is 0 Å². The van der Waals surface area contributed by atoms with Crippen LogP contribution in [0.15, 0.2) is 0 Å². The summed E-state index contributed by atoms with van der Waals surface area (Å²) < 4.78 is 25.7. The molecule has 0 aromatic heterocycles. The number of hydrogen-bond donors (Lipinski definition) is 1. The van der Waals surface area contributed by atoms with Crippen molar-refractivity contribution in [1.29, 1.82) is 0 Å². The molecule has 0 aromatic rings. The van der Waals surface area contributed by atoms with Gasteiger partial charge in [0.2, 0.25) is 0 Å². The lowest BCUT2D eigenvalue weighted by Gasteiger charge is -2.42. The molecule has 1 rings (SSSR count). The molecule has 1 N–H and O–H groups in total. The Labute approximate surface area is 144 Å². The molecule has 0 amide bonds. The first-order valence-corrected chi connectivity index (χ1v) is 7.51. The van der Waals surface area contributed by atoms with Crippen LogP contribution in [0.2, 0.25) is 0 Å². The molecular formula is C14H20O9S. The van der Waals surface area contributed by atoms with Gasteiger partial charge < -0.3 is 28.8 Å². The summed E-state index contributed by atoms with van der Waals surface area (Å²) in [5, 5.41) is 10.2. The van der Waals surface area contributed by atoms with Crippen molar-refractivity contribution < 1.29 is 43.2 Å². The maximum atomic E-state index is 11.4. The van der Waals surface area contributed by atoms with E-state index in [1.54, 1.807) is 0 Å². The molecule has 10 heteroatoms. The van der Waals surface area contributed by atoms with Crippen LogP contribution >= 0.6 is 12.2 Å². The van der Waals surface area contributed by atoms with Crippen LogP contribution in [0.25, 0.3) is 0 Å². The van der Waals surface area contributed by atoms with Crippen LogP contribution in [0.1, 0.15) is 27.7 Å². The van der Waals surface area contributed by atoms with Gasteiger partial charge in [0.15, 0.2) is 29.7 Å². The van der Waals surface area contributed by atoms with Crippen LogP contribution in [0, 0.1) is 0 Å². The average Bonchev–Trinajstić information content (AvgIpc) is 2.42. The van der Waals surface area contributed by atoms with Crippen molar-refractivity contribution in [3.8, 4) is 0 Å². The molecule has 0 bridgehead atoms. The molecular weight excluding hydrogens is 344 g/mol. The van der Waals surface area contributed by atoms with Crippen molar-refractivity contribution in [2.75, 3.05) is 6.61 Å². The molecule has 0 spiro atoms. The van der Waals surface area contributed by atoms with Crippen LogP contribution in [-0.2, 0) is 38.1 Å². The molecule has 24 heavy (non-hydrogen) atoms. The van der Waals surface area contributed by atoms with Gasteiger partial charge in [-0.25, -0.2) is 0 Å². The second-order valence-corrected chi connectivity index (χ2v) is 5.66. The third-order valence-corrected chi connectivity index (χ3v) is 3.06. The number of hydrogen-bond acceptors (Lipinski definition) is 10. The third-order valence-electron chi connectivity index (χ3n) is 2.97. The zero-order valence-electron chi connectivity index (χ0n) is 13.7. The van der Waals surface area contributed by atoms with E-state index >= 15 is 0 Å². The monoisotopic (exact) mass is 364 g/mol. The van der Waals surface area contributed by atoms with Crippen molar-refractivity contribution in [2.24, 2.45) is 0 Å². The highest BCUT2D eigenvalue weighted by Crippen LogP contribution is 2.28. The van der Waals surface area contributed by atoms with Gasteiger partial charge in [-0.2, -0.15) is 0 Å². The summed E-state index contributed by atoms with van der Waals surface area (Å²) in [6.07, 6.45) is -6.16. The van der Waals surface area contributed by atoms with Crippen molar-refractivity contribution >= 4 is 35.2 Å². The summed E-state index contributed by atoms with van der Waals surface area (Å²) in [5.41, 5.74) is 0. The van der Waals surface area contributed by atoms with Crippen LogP contribution in [0.5, 0.6) is 0 Å². The molecule has 0 unspecified atom stereocenters. The maximum Gasteiger partial charge on any atom is 0.303 e. The Balaban J connectivity index is 3.11. The third kappa shape index (κ3) is 6.02. The fraction of sp³-hybridized carbons (Fsp3) is 0.714. The Morgan fingerprint density at radius 2 is 1.46 bits per heavy atom. The molecule has 1 aliphatic heterocycles. The Bertz CT molecular complexity index is 506. The van der Waals surface area contributed by atoms with Gasteiger partial charge in [0.05, 0.1) is 0 Å². The minimum Gasteiger partial charge on any atom is -0.475 e. The van der Waals surface area contributed by atoms with Gasteiger partial charge in [-0.3, -0.25) is 14.4 Å². The molecule has 1 fully saturated rings. The van der Waals surface area contributed by atoms with Gasteiger partial charge in [0, 0.05) is 27.7 Å². The molecule has 0 aromatic carbocycles. The summed E-state index contributed by atoms with van der Waals surface area (Å²) in [7, 11) is 0. The van der Waals surface area contributed by atoms with E-state index in [0.717, 1.165) is 13.8 Å². The van der Waals surface area contributed by atoms with E-state index in [4.69, 9.17) is 35.9 Å². The zero-order valence-corrected chi connectivity index (χ0v) is 14.5. The Hall–Kier alpha value is -1.78. The van der Waals surface area contributed by atoms with E-state index in [-0.39, 0.29) is 11.7 Å². The SMILES string of the molecule is CC(=O)OC[C@H]1O[C@H](O)[C@@H](OC(C)=S)[C@@H](OC(C)=O)[C@@H]1OC(C)=O. The summed E-state index contributed by atoms with van der Waals surface area (Å²) in [6.45, 7) is 4.63. The lowest BCUT2D eigenvalue weighted by Crippen LogP contribution is -2.62. The van der Waals surface area contributed by atoms with Crippen molar-refractivity contribution in [1.82, 2.24) is 0 Å². The van der Waals surface area contributed by atoms with Crippen molar-refractivity contribution in [3.63, 3.8) is 0 Å². The number of aliphatic hydroxyl groups excluding tert-OH is 1. The fourth-order valence-electron chi connectivity index (χ4n) is 2.21. The second-order valence-electron chi connectivity index (χ2n) is 5.09. The predicted molar refractivity (Wildman–Crippen MR) is 81.8 cm³/mol. The minimum absolute atomic E-state index is 0.0693. The summed E-state index contributed by atoms with van der Waals surface area (Å²) in [5.74, 6) is -1.96. The van der Waals surface area contributed by atoms with Gasteiger partial charge in [-0.1, -0.05) is 0 Å². The molecule has 5 atom stereocenters. The largest absolute Gasteiger partial charge is 0.475 e. The van der Waals surface area contributed by atoms with E-state index in [2.05, 4.69) is 0 Å². The molecule has 1 saturated heterocycles. The van der Waals surface area contributed by atoms with Crippen molar-refractivity contribution in [2.45, 2.75) is 58.4 Å². The standard InChI is InChI=1S/C14H20O9S/c1-6(15)19-5-10-11(20-7(2)16)12(21-8(3)17)13(14(18)23-10)22-9(4)24/h10-14,18H,5H2,1-4H3/t10-,11-,12+,13+,14+/m1/s1. The Kier molecular flexibility index (Phi) is 7.52. The van der Waals surface area contributed by atoms with Gasteiger partial charge in [-0.05, 0) is 12.2 Å². The fourth-order valence-corrected chi connectivity index (χ4v) is 2.32. The van der Waals surface area contributed by atoms with Crippen molar-refractivity contribution in [3.05, 3.63) is 0 Å². The van der Waals surface area contributed by atoms with E-state index in [9.17, 15) is 19.5 Å². The predicted octanol–water partition coefficient (Wildman–Crippen LogP) is -0.137. The van der Waals surface area contributed by atoms with Gasteiger partial charge in [0.1, 0.15) is 12.7 Å². The number of carbonyl (C=O) groups excluding carboxylic acids is 3. The lowest BCUT2D eigenvalue weighted by molar-refractivity contribution is -0.289. The topological polar surface area (TPSA) is 118 Å². The molecule has 136 valence electrons. The zero-order chi connectivity index (χ0) is 18.4. The van der Waals surface area contributed by atoms with Gasteiger partial charge >= 0.3 is 17.9 Å². The quantitative estimate of drug-likeness (QED) is 0.401.